The van der Waals surface area contributed by atoms with Gasteiger partial charge in [-0.2, -0.15) is 0 Å². The van der Waals surface area contributed by atoms with Crippen molar-refractivity contribution in [3.8, 4) is 11.5 Å². The fraction of sp³-hybridized carbons (Fsp3) is 0.375. The first-order valence-electron chi connectivity index (χ1n) is 7.21. The lowest BCUT2D eigenvalue weighted by Crippen LogP contribution is -2.39. The molecule has 1 heterocycles. The Hall–Kier alpha value is -2.21. The zero-order chi connectivity index (χ0) is 16.1. The molecule has 0 saturated heterocycles. The summed E-state index contributed by atoms with van der Waals surface area (Å²) >= 11 is 0. The van der Waals surface area contributed by atoms with Crippen molar-refractivity contribution in [3.63, 3.8) is 0 Å². The number of halogens is 1. The van der Waals surface area contributed by atoms with Crippen LogP contribution in [0.2, 0.25) is 0 Å². The third-order valence-electron chi connectivity index (χ3n) is 3.53. The lowest BCUT2D eigenvalue weighted by atomic mass is 10.0. The van der Waals surface area contributed by atoms with Crippen LogP contribution in [0.15, 0.2) is 34.9 Å². The maximum absolute atomic E-state index is 12.9. The van der Waals surface area contributed by atoms with E-state index in [1.807, 2.05) is 0 Å². The summed E-state index contributed by atoms with van der Waals surface area (Å²) in [6.07, 6.45) is 2.10. The van der Waals surface area contributed by atoms with Gasteiger partial charge in [-0.05, 0) is 31.2 Å². The molecule has 22 heavy (non-hydrogen) atoms. The number of amides is 1. The molecule has 0 spiro atoms. The number of nitrogens with zero attached hydrogens (tertiary/aromatic N) is 1. The maximum atomic E-state index is 12.9. The fourth-order valence-corrected chi connectivity index (χ4v) is 1.86. The zero-order valence-corrected chi connectivity index (χ0v) is 12.7. The summed E-state index contributed by atoms with van der Waals surface area (Å²) in [5.41, 5.74) is 7.12. The van der Waals surface area contributed by atoms with Gasteiger partial charge in [0, 0.05) is 30.5 Å². The molecule has 0 aliphatic carbocycles. The minimum atomic E-state index is -0.304. The highest BCUT2D eigenvalue weighted by atomic mass is 19.1. The van der Waals surface area contributed by atoms with E-state index in [-0.39, 0.29) is 23.7 Å². The second-order valence-electron chi connectivity index (χ2n) is 5.34. The van der Waals surface area contributed by atoms with Crippen molar-refractivity contribution < 1.29 is 13.6 Å². The van der Waals surface area contributed by atoms with Crippen LogP contribution in [-0.4, -0.2) is 23.5 Å². The lowest BCUT2D eigenvalue weighted by Gasteiger charge is -2.14. The van der Waals surface area contributed by atoms with Crippen molar-refractivity contribution in [2.75, 3.05) is 6.54 Å². The van der Waals surface area contributed by atoms with Crippen LogP contribution < -0.4 is 11.1 Å². The standard InChI is InChI=1S/C16H20FN3O2/c1-10(11(2)18)15(21)19-8-7-14-9-22-16(20-14)12-3-5-13(17)6-4-12/h3-6,9-11H,7-8,18H2,1-2H3,(H,19,21). The van der Waals surface area contributed by atoms with Crippen LogP contribution in [0, 0.1) is 11.7 Å². The number of carbonyl (C=O) groups excluding carboxylic acids is 1. The van der Waals surface area contributed by atoms with Crippen LogP contribution >= 0.6 is 0 Å². The van der Waals surface area contributed by atoms with Gasteiger partial charge in [-0.25, -0.2) is 9.37 Å². The van der Waals surface area contributed by atoms with Crippen LogP contribution in [0.3, 0.4) is 0 Å². The number of aromatic nitrogens is 1. The summed E-state index contributed by atoms with van der Waals surface area (Å²) in [6, 6.07) is 5.75. The molecule has 1 aromatic heterocycles. The first kappa shape index (κ1) is 16.2. The van der Waals surface area contributed by atoms with Gasteiger partial charge in [0.2, 0.25) is 11.8 Å². The van der Waals surface area contributed by atoms with Gasteiger partial charge >= 0.3 is 0 Å². The van der Waals surface area contributed by atoms with Crippen LogP contribution in [-0.2, 0) is 11.2 Å². The Morgan fingerprint density at radius 1 is 1.36 bits per heavy atom. The third-order valence-corrected chi connectivity index (χ3v) is 3.53. The van der Waals surface area contributed by atoms with Gasteiger partial charge < -0.3 is 15.5 Å². The highest BCUT2D eigenvalue weighted by Crippen LogP contribution is 2.18. The van der Waals surface area contributed by atoms with E-state index in [2.05, 4.69) is 10.3 Å². The second kappa shape index (κ2) is 7.17. The van der Waals surface area contributed by atoms with Gasteiger partial charge in [0.05, 0.1) is 5.69 Å². The summed E-state index contributed by atoms with van der Waals surface area (Å²) in [5.74, 6) is -0.170. The molecule has 3 N–H and O–H groups in total. The molecular weight excluding hydrogens is 285 g/mol. The van der Waals surface area contributed by atoms with Crippen molar-refractivity contribution in [2.24, 2.45) is 11.7 Å². The fourth-order valence-electron chi connectivity index (χ4n) is 1.86. The molecule has 1 aromatic carbocycles. The molecule has 2 rings (SSSR count). The summed E-state index contributed by atoms with van der Waals surface area (Å²) in [4.78, 5) is 16.1. The predicted molar refractivity (Wildman–Crippen MR) is 81.4 cm³/mol. The van der Waals surface area contributed by atoms with Gasteiger partial charge in [0.15, 0.2) is 0 Å². The second-order valence-corrected chi connectivity index (χ2v) is 5.34. The Morgan fingerprint density at radius 2 is 2.05 bits per heavy atom. The first-order valence-corrected chi connectivity index (χ1v) is 7.21. The molecular formula is C16H20FN3O2. The number of rotatable bonds is 6. The average Bonchev–Trinajstić information content (AvgIpc) is 2.95. The Balaban J connectivity index is 1.87. The van der Waals surface area contributed by atoms with E-state index < -0.39 is 0 Å². The molecule has 2 aromatic rings. The van der Waals surface area contributed by atoms with E-state index in [1.165, 1.54) is 12.1 Å². The van der Waals surface area contributed by atoms with Gasteiger partial charge in [-0.3, -0.25) is 4.79 Å². The molecule has 118 valence electrons. The third kappa shape index (κ3) is 4.14. The molecule has 2 atom stereocenters. The largest absolute Gasteiger partial charge is 0.444 e. The highest BCUT2D eigenvalue weighted by Gasteiger charge is 2.16. The number of nitrogens with one attached hydrogen (secondary N) is 1. The minimum Gasteiger partial charge on any atom is -0.444 e. The summed E-state index contributed by atoms with van der Waals surface area (Å²) in [5, 5.41) is 2.82. The van der Waals surface area contributed by atoms with Crippen LogP contribution in [0.4, 0.5) is 4.39 Å². The van der Waals surface area contributed by atoms with Gasteiger partial charge in [0.25, 0.3) is 0 Å². The van der Waals surface area contributed by atoms with E-state index in [0.29, 0.717) is 24.4 Å². The number of hydrogen-bond donors (Lipinski definition) is 2. The predicted octanol–water partition coefficient (Wildman–Crippen LogP) is 2.12. The molecule has 0 aliphatic rings. The topological polar surface area (TPSA) is 81.2 Å². The Morgan fingerprint density at radius 3 is 2.68 bits per heavy atom. The van der Waals surface area contributed by atoms with E-state index in [0.717, 1.165) is 5.69 Å². The lowest BCUT2D eigenvalue weighted by molar-refractivity contribution is -0.124. The molecule has 0 bridgehead atoms. The van der Waals surface area contributed by atoms with Crippen molar-refractivity contribution in [1.82, 2.24) is 10.3 Å². The molecule has 0 aliphatic heterocycles. The smallest absolute Gasteiger partial charge is 0.226 e. The molecule has 0 radical (unpaired) electrons. The number of hydrogen-bond acceptors (Lipinski definition) is 4. The Kier molecular flexibility index (Phi) is 5.27. The zero-order valence-electron chi connectivity index (χ0n) is 12.7. The monoisotopic (exact) mass is 305 g/mol. The first-order chi connectivity index (χ1) is 10.5. The molecule has 0 saturated carbocycles. The molecule has 2 unspecified atom stereocenters. The number of oxazole rings is 1. The van der Waals surface area contributed by atoms with Gasteiger partial charge in [-0.15, -0.1) is 0 Å². The number of nitrogens with two attached hydrogens (primary N) is 1. The van der Waals surface area contributed by atoms with Gasteiger partial charge in [0.1, 0.15) is 12.1 Å². The number of benzene rings is 1. The quantitative estimate of drug-likeness (QED) is 0.856. The minimum absolute atomic E-state index is 0.0720. The Labute approximate surface area is 128 Å². The van der Waals surface area contributed by atoms with Crippen molar-refractivity contribution in [1.29, 1.82) is 0 Å². The van der Waals surface area contributed by atoms with Crippen LogP contribution in [0.1, 0.15) is 19.5 Å². The Bertz CT molecular complexity index is 623. The summed E-state index contributed by atoms with van der Waals surface area (Å²) in [7, 11) is 0. The molecule has 1 amide bonds. The van der Waals surface area contributed by atoms with E-state index in [1.54, 1.807) is 32.2 Å². The van der Waals surface area contributed by atoms with Crippen molar-refractivity contribution >= 4 is 5.91 Å². The number of carbonyl (C=O) groups is 1. The molecule has 5 nitrogen and oxygen atoms in total. The highest BCUT2D eigenvalue weighted by molar-refractivity contribution is 5.78. The molecule has 6 heteroatoms. The van der Waals surface area contributed by atoms with Crippen molar-refractivity contribution in [2.45, 2.75) is 26.3 Å². The molecule has 0 fully saturated rings. The van der Waals surface area contributed by atoms with Crippen LogP contribution in [0.5, 0.6) is 0 Å². The van der Waals surface area contributed by atoms with Crippen LogP contribution in [0.25, 0.3) is 11.5 Å². The normalized spacial score (nSPS) is 13.6. The van der Waals surface area contributed by atoms with E-state index >= 15 is 0 Å². The van der Waals surface area contributed by atoms with E-state index in [4.69, 9.17) is 10.2 Å². The maximum Gasteiger partial charge on any atom is 0.226 e. The van der Waals surface area contributed by atoms with Crippen molar-refractivity contribution in [3.05, 3.63) is 42.0 Å². The average molecular weight is 305 g/mol. The van der Waals surface area contributed by atoms with E-state index in [9.17, 15) is 9.18 Å². The summed E-state index contributed by atoms with van der Waals surface area (Å²) in [6.45, 7) is 4.06. The summed E-state index contributed by atoms with van der Waals surface area (Å²) < 4.78 is 18.2. The SMILES string of the molecule is CC(N)C(C)C(=O)NCCc1coc(-c2ccc(F)cc2)n1. The van der Waals surface area contributed by atoms with Gasteiger partial charge in [-0.1, -0.05) is 6.92 Å².